The van der Waals surface area contributed by atoms with Crippen molar-refractivity contribution in [1.29, 1.82) is 0 Å². The molecule has 0 aliphatic rings. The molecular weight excluding hydrogens is 464 g/mol. The van der Waals surface area contributed by atoms with E-state index in [2.05, 4.69) is 25.5 Å². The Labute approximate surface area is 205 Å². The van der Waals surface area contributed by atoms with Gasteiger partial charge in [-0.05, 0) is 35.4 Å². The standard InChI is InChI=1S/C26H21ClN6O2/c27-19-8-9-22-21(12-19)23(32-31-22)15-29-26(35)24-14-28-13-20(30-24)11-17-4-6-18(7-5-17)16-33-10-2-1-3-25(33)34/h1-10,12-14H,11,15-16H2,(H,29,35)(H,31,32). The SMILES string of the molecule is O=C(NCc1[nH]nc2ccc(Cl)cc12)c1cncc(Cc2ccc(Cn3ccccc3=O)cc2)n1. The van der Waals surface area contributed by atoms with E-state index in [4.69, 9.17) is 11.6 Å². The summed E-state index contributed by atoms with van der Waals surface area (Å²) in [7, 11) is 0. The molecule has 3 heterocycles. The second kappa shape index (κ2) is 9.90. The minimum atomic E-state index is -0.326. The molecule has 3 aromatic heterocycles. The first kappa shape index (κ1) is 22.5. The second-order valence-electron chi connectivity index (χ2n) is 8.10. The van der Waals surface area contributed by atoms with E-state index in [-0.39, 0.29) is 23.7 Å². The van der Waals surface area contributed by atoms with E-state index in [1.54, 1.807) is 35.2 Å². The number of halogens is 1. The molecule has 5 rings (SSSR count). The molecule has 0 saturated heterocycles. The zero-order valence-electron chi connectivity index (χ0n) is 18.6. The average molecular weight is 485 g/mol. The summed E-state index contributed by atoms with van der Waals surface area (Å²) in [5, 5.41) is 11.5. The third-order valence-electron chi connectivity index (χ3n) is 5.60. The lowest BCUT2D eigenvalue weighted by molar-refractivity contribution is 0.0945. The van der Waals surface area contributed by atoms with Crippen LogP contribution in [0.4, 0.5) is 0 Å². The number of benzene rings is 2. The van der Waals surface area contributed by atoms with E-state index < -0.39 is 0 Å². The van der Waals surface area contributed by atoms with Crippen LogP contribution in [-0.4, -0.2) is 30.6 Å². The van der Waals surface area contributed by atoms with Gasteiger partial charge < -0.3 is 9.88 Å². The fourth-order valence-corrected chi connectivity index (χ4v) is 3.96. The molecule has 0 radical (unpaired) electrons. The number of nitrogens with one attached hydrogen (secondary N) is 2. The first-order valence-electron chi connectivity index (χ1n) is 11.0. The highest BCUT2D eigenvalue weighted by Gasteiger charge is 2.12. The zero-order valence-corrected chi connectivity index (χ0v) is 19.4. The number of aromatic amines is 1. The maximum Gasteiger partial charge on any atom is 0.271 e. The first-order valence-corrected chi connectivity index (χ1v) is 11.4. The van der Waals surface area contributed by atoms with Crippen LogP contribution in [-0.2, 0) is 19.5 Å². The number of carbonyl (C=O) groups excluding carboxylic acids is 1. The van der Waals surface area contributed by atoms with Gasteiger partial charge in [0.1, 0.15) is 5.69 Å². The molecule has 9 heteroatoms. The van der Waals surface area contributed by atoms with Crippen LogP contribution in [0.15, 0.2) is 84.0 Å². The van der Waals surface area contributed by atoms with E-state index in [1.165, 1.54) is 6.20 Å². The number of hydrogen-bond donors (Lipinski definition) is 2. The second-order valence-corrected chi connectivity index (χ2v) is 8.54. The molecule has 0 aliphatic carbocycles. The van der Waals surface area contributed by atoms with Crippen molar-refractivity contribution in [3.05, 3.63) is 123 Å². The zero-order chi connectivity index (χ0) is 24.2. The Kier molecular flexibility index (Phi) is 6.36. The topological polar surface area (TPSA) is 106 Å². The third-order valence-corrected chi connectivity index (χ3v) is 5.83. The number of pyridine rings is 1. The minimum absolute atomic E-state index is 0.0357. The van der Waals surface area contributed by atoms with Crippen molar-refractivity contribution in [1.82, 2.24) is 30.0 Å². The van der Waals surface area contributed by atoms with Crippen LogP contribution < -0.4 is 10.9 Å². The fourth-order valence-electron chi connectivity index (χ4n) is 3.79. The molecule has 0 saturated carbocycles. The number of fused-ring (bicyclic) bond motifs is 1. The number of hydrogen-bond acceptors (Lipinski definition) is 5. The van der Waals surface area contributed by atoms with Gasteiger partial charge in [-0.1, -0.05) is 41.9 Å². The number of rotatable bonds is 7. The Morgan fingerprint density at radius 2 is 1.86 bits per heavy atom. The van der Waals surface area contributed by atoms with E-state index in [0.717, 1.165) is 27.7 Å². The Hall–Kier alpha value is -4.30. The smallest absolute Gasteiger partial charge is 0.271 e. The molecule has 35 heavy (non-hydrogen) atoms. The van der Waals surface area contributed by atoms with Crippen LogP contribution in [0.2, 0.25) is 5.02 Å². The van der Waals surface area contributed by atoms with Crippen LogP contribution >= 0.6 is 11.6 Å². The van der Waals surface area contributed by atoms with Crippen LogP contribution in [0.25, 0.3) is 10.9 Å². The summed E-state index contributed by atoms with van der Waals surface area (Å²) in [4.78, 5) is 33.3. The number of carbonyl (C=O) groups is 1. The van der Waals surface area contributed by atoms with Crippen LogP contribution in [0.3, 0.4) is 0 Å². The molecular formula is C26H21ClN6O2. The maximum atomic E-state index is 12.7. The highest BCUT2D eigenvalue weighted by atomic mass is 35.5. The Bertz CT molecular complexity index is 1560. The predicted molar refractivity (Wildman–Crippen MR) is 133 cm³/mol. The normalized spacial score (nSPS) is 11.0. The molecule has 0 spiro atoms. The summed E-state index contributed by atoms with van der Waals surface area (Å²) >= 11 is 6.08. The van der Waals surface area contributed by atoms with Gasteiger partial charge in [0.15, 0.2) is 0 Å². The molecule has 1 amide bonds. The number of H-pyrrole nitrogens is 1. The van der Waals surface area contributed by atoms with E-state index in [0.29, 0.717) is 23.7 Å². The molecule has 0 unspecified atom stereocenters. The van der Waals surface area contributed by atoms with Gasteiger partial charge in [-0.25, -0.2) is 4.98 Å². The maximum absolute atomic E-state index is 12.7. The molecule has 2 aromatic carbocycles. The predicted octanol–water partition coefficient (Wildman–Crippen LogP) is 3.74. The van der Waals surface area contributed by atoms with Crippen molar-refractivity contribution >= 4 is 28.4 Å². The highest BCUT2D eigenvalue weighted by molar-refractivity contribution is 6.31. The third kappa shape index (κ3) is 5.28. The lowest BCUT2D eigenvalue weighted by Gasteiger charge is -2.08. The molecule has 2 N–H and O–H groups in total. The largest absolute Gasteiger partial charge is 0.345 e. The number of amides is 1. The summed E-state index contributed by atoms with van der Waals surface area (Å²) < 4.78 is 1.66. The van der Waals surface area contributed by atoms with Gasteiger partial charge in [0.05, 0.1) is 36.2 Å². The van der Waals surface area contributed by atoms with Gasteiger partial charge in [-0.3, -0.25) is 19.7 Å². The van der Waals surface area contributed by atoms with Gasteiger partial charge >= 0.3 is 0 Å². The first-order chi connectivity index (χ1) is 17.0. The highest BCUT2D eigenvalue weighted by Crippen LogP contribution is 2.20. The van der Waals surface area contributed by atoms with Crippen molar-refractivity contribution < 1.29 is 4.79 Å². The van der Waals surface area contributed by atoms with Gasteiger partial charge in [0.2, 0.25) is 0 Å². The number of aromatic nitrogens is 5. The monoisotopic (exact) mass is 484 g/mol. The Morgan fingerprint density at radius 3 is 2.69 bits per heavy atom. The van der Waals surface area contributed by atoms with E-state index in [1.807, 2.05) is 42.5 Å². The lowest BCUT2D eigenvalue weighted by atomic mass is 10.1. The van der Waals surface area contributed by atoms with E-state index in [9.17, 15) is 9.59 Å². The van der Waals surface area contributed by atoms with Crippen molar-refractivity contribution in [2.45, 2.75) is 19.5 Å². The quantitative estimate of drug-likeness (QED) is 0.366. The van der Waals surface area contributed by atoms with Crippen molar-refractivity contribution in [2.24, 2.45) is 0 Å². The van der Waals surface area contributed by atoms with Gasteiger partial charge in [-0.2, -0.15) is 5.10 Å². The fraction of sp³-hybridized carbons (Fsp3) is 0.115. The molecule has 8 nitrogen and oxygen atoms in total. The summed E-state index contributed by atoms with van der Waals surface area (Å²) in [6.07, 6.45) is 5.40. The molecule has 0 atom stereocenters. The molecule has 0 fully saturated rings. The Morgan fingerprint density at radius 1 is 1.03 bits per heavy atom. The molecule has 0 bridgehead atoms. The van der Waals surface area contributed by atoms with Crippen LogP contribution in [0.5, 0.6) is 0 Å². The van der Waals surface area contributed by atoms with Gasteiger partial charge in [0.25, 0.3) is 11.5 Å². The van der Waals surface area contributed by atoms with Crippen LogP contribution in [0.1, 0.15) is 33.0 Å². The molecule has 5 aromatic rings. The molecule has 0 aliphatic heterocycles. The van der Waals surface area contributed by atoms with E-state index >= 15 is 0 Å². The summed E-state index contributed by atoms with van der Waals surface area (Å²) in [5.74, 6) is -0.326. The van der Waals surface area contributed by atoms with Crippen molar-refractivity contribution in [3.8, 4) is 0 Å². The van der Waals surface area contributed by atoms with Gasteiger partial charge in [-0.15, -0.1) is 0 Å². The molecule has 174 valence electrons. The minimum Gasteiger partial charge on any atom is -0.345 e. The lowest BCUT2D eigenvalue weighted by Crippen LogP contribution is -2.24. The summed E-state index contributed by atoms with van der Waals surface area (Å²) in [5.41, 5.74) is 4.48. The summed E-state index contributed by atoms with van der Waals surface area (Å²) in [6, 6.07) is 18.5. The average Bonchev–Trinajstić information content (AvgIpc) is 3.27. The van der Waals surface area contributed by atoms with Gasteiger partial charge in [0, 0.05) is 35.3 Å². The summed E-state index contributed by atoms with van der Waals surface area (Å²) in [6.45, 7) is 0.765. The van der Waals surface area contributed by atoms with Crippen molar-refractivity contribution in [3.63, 3.8) is 0 Å². The van der Waals surface area contributed by atoms with Crippen LogP contribution in [0, 0.1) is 0 Å². The number of nitrogens with zero attached hydrogens (tertiary/aromatic N) is 4. The Balaban J connectivity index is 1.23. The van der Waals surface area contributed by atoms with Crippen molar-refractivity contribution in [2.75, 3.05) is 0 Å².